The van der Waals surface area contributed by atoms with Gasteiger partial charge in [0.1, 0.15) is 0 Å². The maximum Gasteiger partial charge on any atom is 0.190 e. The molecule has 0 amide bonds. The molecule has 0 aromatic rings. The van der Waals surface area contributed by atoms with Gasteiger partial charge in [0.15, 0.2) is 16.6 Å². The second kappa shape index (κ2) is 4.22. The third-order valence-electron chi connectivity index (χ3n) is 0.771. The molecule has 0 spiro atoms. The minimum absolute atomic E-state index is 1.86. The minimum Gasteiger partial charge on any atom is -0.781 e. The fourth-order valence-corrected chi connectivity index (χ4v) is 10.6. The lowest BCUT2D eigenvalue weighted by Gasteiger charge is -2.38. The van der Waals surface area contributed by atoms with Crippen molar-refractivity contribution in [2.45, 2.75) is 39.3 Å². The molecule has 13 heavy (non-hydrogen) atoms. The van der Waals surface area contributed by atoms with Crippen molar-refractivity contribution in [1.29, 1.82) is 0 Å². The topological polar surface area (TPSA) is 41.5 Å². The first-order valence-corrected chi connectivity index (χ1v) is 13.5. The molecule has 0 aliphatic heterocycles. The van der Waals surface area contributed by atoms with Crippen LogP contribution in [0.15, 0.2) is 0 Å². The Hall–Kier alpha value is 0.964. The highest BCUT2D eigenvalue weighted by atomic mass is 32.5. The van der Waals surface area contributed by atoms with Crippen LogP contribution >= 0.6 is 6.72 Å². The summed E-state index contributed by atoms with van der Waals surface area (Å²) < 4.78 is 10.6. The van der Waals surface area contributed by atoms with Crippen molar-refractivity contribution in [3.8, 4) is 0 Å². The van der Waals surface area contributed by atoms with E-state index in [1.807, 2.05) is 39.3 Å². The highest BCUT2D eigenvalue weighted by molar-refractivity contribution is 8.07. The Bertz CT molecular complexity index is 201. The van der Waals surface area contributed by atoms with Crippen LogP contribution in [-0.2, 0) is 20.2 Å². The molecule has 0 unspecified atom stereocenters. The highest BCUT2D eigenvalue weighted by Crippen LogP contribution is 2.44. The molecule has 3 nitrogen and oxygen atoms in total. The van der Waals surface area contributed by atoms with Crippen LogP contribution in [0.4, 0.5) is 0 Å². The molecule has 0 aliphatic rings. The molecule has 0 aromatic heterocycles. The predicted octanol–water partition coefficient (Wildman–Crippen LogP) is 2.27. The standard InChI is InChI=1S/C6H19O3PSSi2/c1-12(2,3)8-10(7,11)9-13(4,5)6/h1-6H3,(H,7,11)/p-1. The van der Waals surface area contributed by atoms with Gasteiger partial charge >= 0.3 is 0 Å². The first kappa shape index (κ1) is 14.0. The summed E-state index contributed by atoms with van der Waals surface area (Å²) in [6.45, 7) is 8.44. The van der Waals surface area contributed by atoms with Crippen LogP contribution in [0, 0.1) is 0 Å². The highest BCUT2D eigenvalue weighted by Gasteiger charge is 2.25. The normalized spacial score (nSPS) is 14.7. The number of hydrogen-bond donors (Lipinski definition) is 0. The average molecular weight is 257 g/mol. The van der Waals surface area contributed by atoms with Crippen LogP contribution in [0.2, 0.25) is 39.3 Å². The predicted molar refractivity (Wildman–Crippen MR) is 63.1 cm³/mol. The molecule has 0 fully saturated rings. The van der Waals surface area contributed by atoms with E-state index in [0.29, 0.717) is 0 Å². The summed E-state index contributed by atoms with van der Waals surface area (Å²) in [6, 6.07) is 0. The van der Waals surface area contributed by atoms with Crippen molar-refractivity contribution >= 4 is 35.2 Å². The third-order valence-corrected chi connectivity index (χ3v) is 8.28. The summed E-state index contributed by atoms with van der Waals surface area (Å²) in [5, 5.41) is 0. The lowest BCUT2D eigenvalue weighted by molar-refractivity contribution is -0.192. The molecule has 80 valence electrons. The molecular weight excluding hydrogens is 239 g/mol. The van der Waals surface area contributed by atoms with Crippen LogP contribution in [0.3, 0.4) is 0 Å². The van der Waals surface area contributed by atoms with Crippen LogP contribution in [0.1, 0.15) is 0 Å². The molecule has 0 heterocycles. The lowest BCUT2D eigenvalue weighted by Crippen LogP contribution is -2.33. The van der Waals surface area contributed by atoms with E-state index in [1.165, 1.54) is 0 Å². The maximum absolute atomic E-state index is 11.7. The number of rotatable bonds is 4. The second-order valence-electron chi connectivity index (χ2n) is 4.85. The third kappa shape index (κ3) is 9.27. The van der Waals surface area contributed by atoms with Crippen LogP contribution in [-0.4, -0.2) is 16.6 Å². The molecule has 0 rings (SSSR count). The van der Waals surface area contributed by atoms with Gasteiger partial charge in [-0.1, -0.05) is 11.8 Å². The summed E-state index contributed by atoms with van der Waals surface area (Å²) in [6.07, 6.45) is 0. The lowest BCUT2D eigenvalue weighted by atomic mass is 11.8. The minimum atomic E-state index is -3.23. The van der Waals surface area contributed by atoms with E-state index in [0.717, 1.165) is 0 Å². The van der Waals surface area contributed by atoms with Crippen molar-refractivity contribution in [1.82, 2.24) is 0 Å². The molecule has 0 aromatic carbocycles. The molecule has 0 saturated carbocycles. The molecule has 0 aliphatic carbocycles. The van der Waals surface area contributed by atoms with Gasteiger partial charge in [0, 0.05) is 0 Å². The van der Waals surface area contributed by atoms with E-state index in [9.17, 15) is 4.89 Å². The molecule has 0 bridgehead atoms. The molecule has 0 radical (unpaired) electrons. The Kier molecular flexibility index (Phi) is 4.54. The maximum atomic E-state index is 11.7. The summed E-state index contributed by atoms with van der Waals surface area (Å²) in [4.78, 5) is 11.7. The van der Waals surface area contributed by atoms with E-state index in [1.54, 1.807) is 0 Å². The summed E-state index contributed by atoms with van der Waals surface area (Å²) >= 11 is 4.82. The molecule has 0 N–H and O–H groups in total. The fraction of sp³-hybridized carbons (Fsp3) is 1.00. The van der Waals surface area contributed by atoms with Crippen molar-refractivity contribution in [2.75, 3.05) is 0 Å². The largest absolute Gasteiger partial charge is 0.781 e. The van der Waals surface area contributed by atoms with E-state index in [2.05, 4.69) is 0 Å². The second-order valence-corrected chi connectivity index (χ2v) is 17.0. The first-order chi connectivity index (χ1) is 5.41. The Morgan fingerprint density at radius 2 is 1.15 bits per heavy atom. The molecule has 0 atom stereocenters. The van der Waals surface area contributed by atoms with Crippen LogP contribution in [0.5, 0.6) is 0 Å². The van der Waals surface area contributed by atoms with Gasteiger partial charge < -0.3 is 13.3 Å². The summed E-state index contributed by atoms with van der Waals surface area (Å²) in [7, 11) is -3.72. The van der Waals surface area contributed by atoms with Crippen molar-refractivity contribution < 1.29 is 13.3 Å². The quantitative estimate of drug-likeness (QED) is 0.572. The Morgan fingerprint density at radius 1 is 0.923 bits per heavy atom. The number of hydrogen-bond acceptors (Lipinski definition) is 4. The van der Waals surface area contributed by atoms with E-state index >= 15 is 0 Å². The zero-order valence-electron chi connectivity index (χ0n) is 9.08. The zero-order valence-corrected chi connectivity index (χ0v) is 12.8. The van der Waals surface area contributed by atoms with Gasteiger partial charge in [0.2, 0.25) is 0 Å². The smallest absolute Gasteiger partial charge is 0.190 e. The molecule has 0 saturated heterocycles. The monoisotopic (exact) mass is 257 g/mol. The summed E-state index contributed by atoms with van der Waals surface area (Å²) in [5.74, 6) is 0. The fourth-order valence-electron chi connectivity index (χ4n) is 0.689. The van der Waals surface area contributed by atoms with E-state index in [4.69, 9.17) is 20.2 Å². The SMILES string of the molecule is C[Si](C)(C)OP([O-])(=S)O[Si](C)(C)C. The zero-order chi connectivity index (χ0) is 10.9. The van der Waals surface area contributed by atoms with Gasteiger partial charge in [0.05, 0.1) is 6.72 Å². The van der Waals surface area contributed by atoms with Gasteiger partial charge in [-0.2, -0.15) is 0 Å². The Labute approximate surface area is 88.0 Å². The van der Waals surface area contributed by atoms with Gasteiger partial charge in [-0.3, -0.25) is 0 Å². The Balaban J connectivity index is 4.35. The van der Waals surface area contributed by atoms with Crippen LogP contribution in [0.25, 0.3) is 0 Å². The van der Waals surface area contributed by atoms with Crippen LogP contribution < -0.4 is 4.89 Å². The van der Waals surface area contributed by atoms with Gasteiger partial charge in [-0.25, -0.2) is 0 Å². The van der Waals surface area contributed by atoms with Crippen molar-refractivity contribution in [3.63, 3.8) is 0 Å². The molecule has 7 heteroatoms. The first-order valence-electron chi connectivity index (χ1n) is 4.14. The summed E-state index contributed by atoms with van der Waals surface area (Å²) in [5.41, 5.74) is 0. The van der Waals surface area contributed by atoms with E-state index < -0.39 is 23.4 Å². The Morgan fingerprint density at radius 3 is 1.31 bits per heavy atom. The van der Waals surface area contributed by atoms with Gasteiger partial charge in [0.25, 0.3) is 0 Å². The van der Waals surface area contributed by atoms with Gasteiger partial charge in [-0.05, 0) is 39.3 Å². The average Bonchev–Trinajstić information content (AvgIpc) is 1.43. The van der Waals surface area contributed by atoms with Crippen molar-refractivity contribution in [3.05, 3.63) is 0 Å². The van der Waals surface area contributed by atoms with E-state index in [-0.39, 0.29) is 0 Å². The van der Waals surface area contributed by atoms with Crippen molar-refractivity contribution in [2.24, 2.45) is 0 Å². The molecular formula is C6H18O3PSSi2-. The van der Waals surface area contributed by atoms with Gasteiger partial charge in [-0.15, -0.1) is 0 Å².